The van der Waals surface area contributed by atoms with Crippen molar-refractivity contribution in [2.45, 2.75) is 19.3 Å². The van der Waals surface area contributed by atoms with Gasteiger partial charge in [-0.05, 0) is 43.7 Å². The Hall–Kier alpha value is -3.02. The van der Waals surface area contributed by atoms with Crippen LogP contribution >= 0.6 is 0 Å². The molecule has 6 heteroatoms. The van der Waals surface area contributed by atoms with Crippen LogP contribution in [0.1, 0.15) is 19.4 Å². The maximum atomic E-state index is 12.0. The quantitative estimate of drug-likeness (QED) is 0.787. The third-order valence-corrected chi connectivity index (χ3v) is 4.11. The zero-order valence-corrected chi connectivity index (χ0v) is 12.7. The van der Waals surface area contributed by atoms with Crippen LogP contribution in [0, 0.1) is 0 Å². The van der Waals surface area contributed by atoms with Crippen LogP contribution in [0.15, 0.2) is 47.1 Å². The Bertz CT molecular complexity index is 900. The van der Waals surface area contributed by atoms with Crippen molar-refractivity contribution in [1.82, 2.24) is 15.2 Å². The van der Waals surface area contributed by atoms with Gasteiger partial charge in [0, 0.05) is 29.2 Å². The number of nitrogens with zero attached hydrogens (tertiary/aromatic N) is 3. The van der Waals surface area contributed by atoms with E-state index in [4.69, 9.17) is 4.42 Å². The topological polar surface area (TPSA) is 80.9 Å². The second kappa shape index (κ2) is 4.74. The molecule has 4 rings (SSSR count). The van der Waals surface area contributed by atoms with Crippen LogP contribution in [0.2, 0.25) is 0 Å². The molecule has 1 aliphatic rings. The summed E-state index contributed by atoms with van der Waals surface area (Å²) in [7, 11) is 0. The lowest BCUT2D eigenvalue weighted by atomic mass is 9.86. The molecule has 0 saturated heterocycles. The number of anilines is 1. The monoisotopic (exact) mass is 306 g/mol. The van der Waals surface area contributed by atoms with Crippen LogP contribution < -0.4 is 5.32 Å². The van der Waals surface area contributed by atoms with Crippen molar-refractivity contribution in [2.24, 2.45) is 0 Å². The summed E-state index contributed by atoms with van der Waals surface area (Å²) in [6, 6.07) is 9.31. The Morgan fingerprint density at radius 2 is 1.70 bits per heavy atom. The van der Waals surface area contributed by atoms with Gasteiger partial charge in [-0.15, -0.1) is 10.2 Å². The predicted molar refractivity (Wildman–Crippen MR) is 84.6 cm³/mol. The highest BCUT2D eigenvalue weighted by atomic mass is 16.4. The molecule has 0 saturated carbocycles. The lowest BCUT2D eigenvalue weighted by Crippen LogP contribution is -2.26. The Morgan fingerprint density at radius 3 is 2.43 bits per heavy atom. The smallest absolute Gasteiger partial charge is 0.248 e. The van der Waals surface area contributed by atoms with E-state index in [1.54, 1.807) is 12.4 Å². The van der Waals surface area contributed by atoms with Crippen molar-refractivity contribution >= 4 is 11.6 Å². The van der Waals surface area contributed by atoms with Gasteiger partial charge >= 0.3 is 0 Å². The first-order valence-corrected chi connectivity index (χ1v) is 7.26. The number of hydrogen-bond acceptors (Lipinski definition) is 5. The van der Waals surface area contributed by atoms with E-state index in [-0.39, 0.29) is 5.91 Å². The molecule has 0 aliphatic carbocycles. The fourth-order valence-corrected chi connectivity index (χ4v) is 2.68. The number of carbonyl (C=O) groups is 1. The largest absolute Gasteiger partial charge is 0.416 e. The second-order valence-corrected chi connectivity index (χ2v) is 5.99. The van der Waals surface area contributed by atoms with Gasteiger partial charge in [0.05, 0.1) is 5.41 Å². The molecule has 0 atom stereocenters. The van der Waals surface area contributed by atoms with Gasteiger partial charge in [-0.2, -0.15) is 0 Å². The third-order valence-electron chi connectivity index (χ3n) is 4.11. The fraction of sp³-hybridized carbons (Fsp3) is 0.176. The number of fused-ring (bicyclic) bond motifs is 1. The highest BCUT2D eigenvalue weighted by molar-refractivity contribution is 6.06. The average molecular weight is 306 g/mol. The highest BCUT2D eigenvalue weighted by Crippen LogP contribution is 2.39. The first-order valence-electron chi connectivity index (χ1n) is 7.26. The number of carbonyl (C=O) groups excluding carboxylic acids is 1. The molecule has 6 nitrogen and oxygen atoms in total. The number of hydrogen-bond donors (Lipinski definition) is 1. The molecular formula is C17H14N4O2. The molecule has 1 aliphatic heterocycles. The van der Waals surface area contributed by atoms with Gasteiger partial charge in [-0.3, -0.25) is 9.78 Å². The first-order chi connectivity index (χ1) is 11.1. The van der Waals surface area contributed by atoms with E-state index < -0.39 is 5.41 Å². The minimum absolute atomic E-state index is 0.00680. The maximum Gasteiger partial charge on any atom is 0.248 e. The van der Waals surface area contributed by atoms with E-state index in [2.05, 4.69) is 20.5 Å². The molecule has 3 heterocycles. The molecule has 114 valence electrons. The SMILES string of the molecule is CC1(C)C(=O)Nc2cc(-c3nnc(-c4ccncc4)o3)ccc21. The molecule has 0 fully saturated rings. The number of aromatic nitrogens is 3. The lowest BCUT2D eigenvalue weighted by Gasteiger charge is -2.14. The van der Waals surface area contributed by atoms with Crippen LogP contribution in [-0.2, 0) is 10.2 Å². The van der Waals surface area contributed by atoms with E-state index in [1.807, 2.05) is 44.2 Å². The molecule has 23 heavy (non-hydrogen) atoms. The van der Waals surface area contributed by atoms with Crippen molar-refractivity contribution in [1.29, 1.82) is 0 Å². The molecule has 3 aromatic rings. The van der Waals surface area contributed by atoms with Crippen LogP contribution in [0.3, 0.4) is 0 Å². The molecule has 0 bridgehead atoms. The van der Waals surface area contributed by atoms with Gasteiger partial charge in [0.1, 0.15) is 0 Å². The Labute approximate surface area is 132 Å². The number of nitrogens with one attached hydrogen (secondary N) is 1. The van der Waals surface area contributed by atoms with Gasteiger partial charge in [-0.25, -0.2) is 0 Å². The summed E-state index contributed by atoms with van der Waals surface area (Å²) in [6.07, 6.45) is 3.35. The molecule has 0 spiro atoms. The fourth-order valence-electron chi connectivity index (χ4n) is 2.68. The van der Waals surface area contributed by atoms with Gasteiger partial charge < -0.3 is 9.73 Å². The summed E-state index contributed by atoms with van der Waals surface area (Å²) in [4.78, 5) is 16.0. The third kappa shape index (κ3) is 2.11. The van der Waals surface area contributed by atoms with Gasteiger partial charge in [-0.1, -0.05) is 6.07 Å². The normalized spacial score (nSPS) is 15.3. The van der Waals surface area contributed by atoms with Gasteiger partial charge in [0.25, 0.3) is 0 Å². The minimum atomic E-state index is -0.523. The molecule has 1 amide bonds. The second-order valence-electron chi connectivity index (χ2n) is 5.99. The first kappa shape index (κ1) is 13.6. The number of benzene rings is 1. The van der Waals surface area contributed by atoms with Crippen LogP contribution in [0.4, 0.5) is 5.69 Å². The molecule has 1 N–H and O–H groups in total. The van der Waals surface area contributed by atoms with Crippen LogP contribution in [0.5, 0.6) is 0 Å². The van der Waals surface area contributed by atoms with Crippen LogP contribution in [-0.4, -0.2) is 21.1 Å². The van der Waals surface area contributed by atoms with E-state index in [0.717, 1.165) is 22.4 Å². The van der Waals surface area contributed by atoms with Crippen molar-refractivity contribution in [2.75, 3.05) is 5.32 Å². The summed E-state index contributed by atoms with van der Waals surface area (Å²) < 4.78 is 5.73. The van der Waals surface area contributed by atoms with E-state index >= 15 is 0 Å². The molecule has 0 unspecified atom stereocenters. The Balaban J connectivity index is 1.72. The van der Waals surface area contributed by atoms with Crippen molar-refractivity contribution < 1.29 is 9.21 Å². The van der Waals surface area contributed by atoms with Gasteiger partial charge in [0.2, 0.25) is 17.7 Å². The summed E-state index contributed by atoms with van der Waals surface area (Å²) in [5, 5.41) is 11.1. The van der Waals surface area contributed by atoms with E-state index in [1.165, 1.54) is 0 Å². The summed E-state index contributed by atoms with van der Waals surface area (Å²) in [5.41, 5.74) is 2.83. The maximum absolute atomic E-state index is 12.0. The number of rotatable bonds is 2. The van der Waals surface area contributed by atoms with Crippen LogP contribution in [0.25, 0.3) is 22.9 Å². The Kier molecular flexibility index (Phi) is 2.81. The van der Waals surface area contributed by atoms with Gasteiger partial charge in [0.15, 0.2) is 0 Å². The van der Waals surface area contributed by atoms with E-state index in [9.17, 15) is 4.79 Å². The van der Waals surface area contributed by atoms with Crippen molar-refractivity contribution in [3.8, 4) is 22.9 Å². The average Bonchev–Trinajstić information content (AvgIpc) is 3.12. The summed E-state index contributed by atoms with van der Waals surface area (Å²) in [6.45, 7) is 3.81. The zero-order valence-electron chi connectivity index (χ0n) is 12.7. The molecule has 2 aromatic heterocycles. The Morgan fingerprint density at radius 1 is 1.00 bits per heavy atom. The predicted octanol–water partition coefficient (Wildman–Crippen LogP) is 3.03. The minimum Gasteiger partial charge on any atom is -0.416 e. The number of pyridine rings is 1. The van der Waals surface area contributed by atoms with Crippen molar-refractivity contribution in [3.05, 3.63) is 48.3 Å². The number of amides is 1. The lowest BCUT2D eigenvalue weighted by molar-refractivity contribution is -0.119. The van der Waals surface area contributed by atoms with E-state index in [0.29, 0.717) is 11.8 Å². The summed E-state index contributed by atoms with van der Waals surface area (Å²) in [5.74, 6) is 0.846. The molecule has 0 radical (unpaired) electrons. The molecule has 1 aromatic carbocycles. The summed E-state index contributed by atoms with van der Waals surface area (Å²) >= 11 is 0. The highest BCUT2D eigenvalue weighted by Gasteiger charge is 2.38. The zero-order chi connectivity index (χ0) is 16.0. The molecular weight excluding hydrogens is 292 g/mol. The standard InChI is InChI=1S/C17H14N4O2/c1-17(2)12-4-3-11(9-13(12)19-16(17)22)15-21-20-14(23-15)10-5-7-18-8-6-10/h3-9H,1-2H3,(H,19,22). The van der Waals surface area contributed by atoms with Crippen molar-refractivity contribution in [3.63, 3.8) is 0 Å².